The average molecular weight is 449 g/mol. The highest BCUT2D eigenvalue weighted by Gasteiger charge is 2.43. The number of aliphatic hydroxyl groups is 1. The van der Waals surface area contributed by atoms with Crippen LogP contribution in [0.15, 0.2) is 64.6 Å². The van der Waals surface area contributed by atoms with Gasteiger partial charge in [0.15, 0.2) is 5.78 Å². The normalized spacial score (nSPS) is 23.6. The van der Waals surface area contributed by atoms with E-state index >= 15 is 0 Å². The monoisotopic (exact) mass is 448 g/mol. The first kappa shape index (κ1) is 23.5. The first-order chi connectivity index (χ1) is 15.9. The average Bonchev–Trinajstić information content (AvgIpc) is 2.79. The van der Waals surface area contributed by atoms with Crippen LogP contribution in [0.2, 0.25) is 0 Å². The minimum atomic E-state index is -0.125. The van der Waals surface area contributed by atoms with Crippen molar-refractivity contribution in [1.82, 2.24) is 0 Å². The van der Waals surface area contributed by atoms with Gasteiger partial charge in [-0.3, -0.25) is 4.79 Å². The molecule has 0 amide bonds. The van der Waals surface area contributed by atoms with E-state index in [1.165, 1.54) is 11.1 Å². The van der Waals surface area contributed by atoms with Gasteiger partial charge in [-0.1, -0.05) is 42.3 Å². The number of hydrogen-bond donors (Lipinski definition) is 1. The van der Waals surface area contributed by atoms with Crippen LogP contribution in [0.25, 0.3) is 0 Å². The molecule has 1 saturated carbocycles. The summed E-state index contributed by atoms with van der Waals surface area (Å²) in [5.74, 6) is 1.15. The number of fused-ring (bicyclic) bond motifs is 3. The zero-order chi connectivity index (χ0) is 23.4. The molecule has 3 atom stereocenters. The lowest BCUT2D eigenvalue weighted by molar-refractivity contribution is -0.117. The third kappa shape index (κ3) is 5.48. The molecule has 0 heterocycles. The number of Topliss-reactive ketones (excluding diaryl/α,β-unsaturated/α-hetero) is 1. The van der Waals surface area contributed by atoms with Crippen LogP contribution in [0, 0.1) is 11.8 Å². The summed E-state index contributed by atoms with van der Waals surface area (Å²) < 4.78 is 6.24. The number of aryl methyl sites for hydroxylation is 1. The number of carbonyl (C=O) groups is 2. The second-order valence-electron chi connectivity index (χ2n) is 9.91. The summed E-state index contributed by atoms with van der Waals surface area (Å²) >= 11 is 0. The highest BCUT2D eigenvalue weighted by atomic mass is 16.5. The molecule has 0 aliphatic heterocycles. The summed E-state index contributed by atoms with van der Waals surface area (Å²) in [5, 5.41) is 11.1. The van der Waals surface area contributed by atoms with E-state index in [9.17, 15) is 14.7 Å². The fourth-order valence-electron chi connectivity index (χ4n) is 5.81. The smallest absolute Gasteiger partial charge is 0.189 e. The Bertz CT molecular complexity index is 982. The number of aliphatic hydroxyl groups excluding tert-OH is 1. The molecule has 176 valence electrons. The van der Waals surface area contributed by atoms with Crippen LogP contribution in [0.1, 0.15) is 77.2 Å². The maximum atomic E-state index is 13.1. The van der Waals surface area contributed by atoms with Crippen molar-refractivity contribution in [3.63, 3.8) is 0 Å². The summed E-state index contributed by atoms with van der Waals surface area (Å²) in [7, 11) is 0. The Balaban J connectivity index is 1.45. The summed E-state index contributed by atoms with van der Waals surface area (Å²) in [6.45, 7) is 3.66. The molecule has 0 aromatic heterocycles. The van der Waals surface area contributed by atoms with E-state index in [2.05, 4.69) is 31.2 Å². The molecule has 0 spiro atoms. The SMILES string of the molecule is CC(=O)CCC1=C2CCCCC2C2CC(O[C@H](C)CCCc3ccccc3)=CC(=O)C2=C1O. The van der Waals surface area contributed by atoms with Crippen molar-refractivity contribution in [2.75, 3.05) is 0 Å². The van der Waals surface area contributed by atoms with E-state index < -0.39 is 0 Å². The molecule has 1 fully saturated rings. The van der Waals surface area contributed by atoms with Crippen molar-refractivity contribution >= 4 is 11.6 Å². The third-order valence-electron chi connectivity index (χ3n) is 7.42. The Morgan fingerprint density at radius 2 is 1.94 bits per heavy atom. The van der Waals surface area contributed by atoms with Gasteiger partial charge in [-0.2, -0.15) is 0 Å². The molecule has 4 nitrogen and oxygen atoms in total. The molecule has 1 aromatic rings. The Morgan fingerprint density at radius 3 is 2.70 bits per heavy atom. The summed E-state index contributed by atoms with van der Waals surface area (Å²) in [5.41, 5.74) is 4.02. The third-order valence-corrected chi connectivity index (χ3v) is 7.42. The van der Waals surface area contributed by atoms with Gasteiger partial charge in [0.1, 0.15) is 17.3 Å². The minimum absolute atomic E-state index is 0.00889. The second-order valence-corrected chi connectivity index (χ2v) is 9.91. The summed E-state index contributed by atoms with van der Waals surface area (Å²) in [6.07, 6.45) is 10.5. The van der Waals surface area contributed by atoms with Crippen LogP contribution in [0.3, 0.4) is 0 Å². The van der Waals surface area contributed by atoms with E-state index in [1.54, 1.807) is 13.0 Å². The Labute approximate surface area is 197 Å². The van der Waals surface area contributed by atoms with Crippen molar-refractivity contribution in [3.8, 4) is 0 Å². The Kier molecular flexibility index (Phi) is 7.52. The molecular formula is C29H36O4. The number of allylic oxidation sites excluding steroid dienone is 5. The lowest BCUT2D eigenvalue weighted by Crippen LogP contribution is -2.34. The highest BCUT2D eigenvalue weighted by molar-refractivity contribution is 6.06. The highest BCUT2D eigenvalue weighted by Crippen LogP contribution is 2.50. The zero-order valence-electron chi connectivity index (χ0n) is 19.9. The maximum Gasteiger partial charge on any atom is 0.189 e. The lowest BCUT2D eigenvalue weighted by atomic mass is 9.64. The van der Waals surface area contributed by atoms with E-state index in [0.29, 0.717) is 24.8 Å². The van der Waals surface area contributed by atoms with Gasteiger partial charge in [-0.05, 0) is 75.8 Å². The fourth-order valence-corrected chi connectivity index (χ4v) is 5.81. The van der Waals surface area contributed by atoms with Crippen molar-refractivity contribution in [2.24, 2.45) is 11.8 Å². The van der Waals surface area contributed by atoms with Crippen LogP contribution in [-0.4, -0.2) is 22.8 Å². The van der Waals surface area contributed by atoms with Crippen LogP contribution >= 0.6 is 0 Å². The van der Waals surface area contributed by atoms with Gasteiger partial charge in [0.2, 0.25) is 0 Å². The lowest BCUT2D eigenvalue weighted by Gasteiger charge is -2.41. The van der Waals surface area contributed by atoms with E-state index in [0.717, 1.165) is 56.3 Å². The number of benzene rings is 1. The van der Waals surface area contributed by atoms with Gasteiger partial charge in [0.05, 0.1) is 6.10 Å². The summed E-state index contributed by atoms with van der Waals surface area (Å²) in [6, 6.07) is 10.5. The van der Waals surface area contributed by atoms with Crippen LogP contribution in [-0.2, 0) is 20.7 Å². The molecular weight excluding hydrogens is 412 g/mol. The zero-order valence-corrected chi connectivity index (χ0v) is 19.9. The molecule has 1 N–H and O–H groups in total. The summed E-state index contributed by atoms with van der Waals surface area (Å²) in [4.78, 5) is 24.7. The second kappa shape index (κ2) is 10.5. The van der Waals surface area contributed by atoms with E-state index in [1.807, 2.05) is 6.07 Å². The topological polar surface area (TPSA) is 63.6 Å². The van der Waals surface area contributed by atoms with Crippen molar-refractivity contribution in [2.45, 2.75) is 84.2 Å². The van der Waals surface area contributed by atoms with Crippen molar-refractivity contribution in [3.05, 3.63) is 70.2 Å². The molecule has 0 saturated heterocycles. The van der Waals surface area contributed by atoms with Gasteiger partial charge in [0.25, 0.3) is 0 Å². The molecule has 1 aromatic carbocycles. The van der Waals surface area contributed by atoms with Gasteiger partial charge in [-0.15, -0.1) is 0 Å². The Morgan fingerprint density at radius 1 is 1.15 bits per heavy atom. The molecule has 0 radical (unpaired) electrons. The maximum absolute atomic E-state index is 13.1. The van der Waals surface area contributed by atoms with Gasteiger partial charge >= 0.3 is 0 Å². The van der Waals surface area contributed by atoms with E-state index in [4.69, 9.17) is 4.74 Å². The molecule has 4 rings (SSSR count). The molecule has 2 unspecified atom stereocenters. The number of hydrogen-bond acceptors (Lipinski definition) is 4. The fraction of sp³-hybridized carbons (Fsp3) is 0.517. The molecule has 4 heteroatoms. The van der Waals surface area contributed by atoms with Gasteiger partial charge in [-0.25, -0.2) is 0 Å². The predicted molar refractivity (Wildman–Crippen MR) is 130 cm³/mol. The van der Waals surface area contributed by atoms with Crippen LogP contribution < -0.4 is 0 Å². The van der Waals surface area contributed by atoms with Gasteiger partial charge in [0, 0.05) is 30.4 Å². The van der Waals surface area contributed by atoms with Crippen molar-refractivity contribution in [1.29, 1.82) is 0 Å². The largest absolute Gasteiger partial charge is 0.507 e. The first-order valence-electron chi connectivity index (χ1n) is 12.5. The number of ether oxygens (including phenoxy) is 1. The first-order valence-corrected chi connectivity index (χ1v) is 12.5. The molecule has 3 aliphatic carbocycles. The van der Waals surface area contributed by atoms with Crippen LogP contribution in [0.5, 0.6) is 0 Å². The molecule has 33 heavy (non-hydrogen) atoms. The number of ketones is 2. The predicted octanol–water partition coefficient (Wildman–Crippen LogP) is 6.57. The molecule has 3 aliphatic rings. The molecule has 0 bridgehead atoms. The minimum Gasteiger partial charge on any atom is -0.507 e. The number of carbonyl (C=O) groups excluding carboxylic acids is 2. The van der Waals surface area contributed by atoms with Gasteiger partial charge < -0.3 is 14.6 Å². The number of rotatable bonds is 9. The standard InChI is InChI=1S/C29H36O4/c1-19(30)15-16-25-23-13-6-7-14-24(23)26-17-22(18-27(31)28(26)29(25)32)33-20(2)9-8-12-21-10-4-3-5-11-21/h3-5,10-11,18,20,24,26,32H,6-9,12-17H2,1-2H3/t20-,24?,26?/m1/s1. The van der Waals surface area contributed by atoms with E-state index in [-0.39, 0.29) is 35.3 Å². The Hall–Kier alpha value is -2.62. The van der Waals surface area contributed by atoms with Crippen LogP contribution in [0.4, 0.5) is 0 Å². The quantitative estimate of drug-likeness (QED) is 0.464. The van der Waals surface area contributed by atoms with Crippen molar-refractivity contribution < 1.29 is 19.4 Å².